The molecule has 0 N–H and O–H groups in total. The highest BCUT2D eigenvalue weighted by Crippen LogP contribution is 2.23. The summed E-state index contributed by atoms with van der Waals surface area (Å²) in [5, 5.41) is 0.670. The van der Waals surface area contributed by atoms with Crippen molar-refractivity contribution >= 4 is 17.4 Å². The summed E-state index contributed by atoms with van der Waals surface area (Å²) in [7, 11) is 3.80. The lowest BCUT2D eigenvalue weighted by Gasteiger charge is -2.23. The number of hydrogen-bond acceptors (Lipinski definition) is 2. The van der Waals surface area contributed by atoms with Crippen molar-refractivity contribution in [3.8, 4) is 0 Å². The Kier molecular flexibility index (Phi) is 4.30. The maximum absolute atomic E-state index is 11.8. The molecule has 0 aliphatic heterocycles. The summed E-state index contributed by atoms with van der Waals surface area (Å²) >= 11 is 5.91. The van der Waals surface area contributed by atoms with Crippen molar-refractivity contribution in [1.29, 1.82) is 0 Å². The Morgan fingerprint density at radius 1 is 1.47 bits per heavy atom. The fourth-order valence-corrected chi connectivity index (χ4v) is 1.84. The number of benzene rings is 1. The number of ketones is 1. The van der Waals surface area contributed by atoms with E-state index in [1.54, 1.807) is 0 Å². The first-order chi connectivity index (χ1) is 7.06. The normalized spacial score (nSPS) is 12.9. The molecule has 15 heavy (non-hydrogen) atoms. The smallest absolute Gasteiger partial charge is 0.154 e. The topological polar surface area (TPSA) is 20.3 Å². The second-order valence-electron chi connectivity index (χ2n) is 3.74. The summed E-state index contributed by atoms with van der Waals surface area (Å²) in [4.78, 5) is 13.7. The maximum Gasteiger partial charge on any atom is 0.154 e. The molecule has 1 aromatic carbocycles. The van der Waals surface area contributed by atoms with E-state index in [9.17, 15) is 4.79 Å². The molecular weight excluding hydrogens is 210 g/mol. The monoisotopic (exact) mass is 225 g/mol. The minimum absolute atomic E-state index is 0.186. The molecule has 0 saturated heterocycles. The first-order valence-corrected chi connectivity index (χ1v) is 5.38. The van der Waals surface area contributed by atoms with Gasteiger partial charge in [-0.25, -0.2) is 0 Å². The summed E-state index contributed by atoms with van der Waals surface area (Å²) < 4.78 is 0. The molecule has 1 atom stereocenters. The van der Waals surface area contributed by atoms with Crippen LogP contribution < -0.4 is 0 Å². The highest BCUT2D eigenvalue weighted by molar-refractivity contribution is 6.30. The molecule has 1 rings (SSSR count). The fourth-order valence-electron chi connectivity index (χ4n) is 1.64. The predicted octanol–water partition coefficient (Wildman–Crippen LogP) is 2.92. The summed E-state index contributed by atoms with van der Waals surface area (Å²) in [6.45, 7) is 1.88. The molecule has 1 unspecified atom stereocenters. The number of likely N-dealkylation sites (N-methyl/N-ethyl adjacent to an activating group) is 1. The number of nitrogens with zero attached hydrogens (tertiary/aromatic N) is 1. The van der Waals surface area contributed by atoms with Crippen LogP contribution in [0.1, 0.15) is 24.9 Å². The standard InChI is InChI=1S/C12H16ClNO/c1-4-11(15)12(14(2)3)9-6-5-7-10(13)8-9/h5-8,12H,4H2,1-3H3. The largest absolute Gasteiger partial charge is 0.298 e. The molecule has 0 bridgehead atoms. The van der Waals surface area contributed by atoms with Gasteiger partial charge in [-0.2, -0.15) is 0 Å². The van der Waals surface area contributed by atoms with Crippen molar-refractivity contribution < 1.29 is 4.79 Å². The van der Waals surface area contributed by atoms with Crippen LogP contribution in [-0.4, -0.2) is 24.8 Å². The van der Waals surface area contributed by atoms with Gasteiger partial charge < -0.3 is 0 Å². The lowest BCUT2D eigenvalue weighted by atomic mass is 10.0. The van der Waals surface area contributed by atoms with Gasteiger partial charge in [-0.1, -0.05) is 30.7 Å². The van der Waals surface area contributed by atoms with Gasteiger partial charge in [-0.3, -0.25) is 9.69 Å². The molecule has 0 fully saturated rings. The van der Waals surface area contributed by atoms with Gasteiger partial charge in [0.15, 0.2) is 5.78 Å². The van der Waals surface area contributed by atoms with Crippen molar-refractivity contribution in [3.63, 3.8) is 0 Å². The fraction of sp³-hybridized carbons (Fsp3) is 0.417. The van der Waals surface area contributed by atoms with Crippen LogP contribution >= 0.6 is 11.6 Å². The molecule has 0 spiro atoms. The van der Waals surface area contributed by atoms with Crippen molar-refractivity contribution in [2.24, 2.45) is 0 Å². The van der Waals surface area contributed by atoms with E-state index >= 15 is 0 Å². The third-order valence-electron chi connectivity index (χ3n) is 2.33. The zero-order chi connectivity index (χ0) is 11.4. The Hall–Kier alpha value is -0.860. The summed E-state index contributed by atoms with van der Waals surface area (Å²) in [5.74, 6) is 0.210. The molecule has 0 saturated carbocycles. The molecule has 82 valence electrons. The quantitative estimate of drug-likeness (QED) is 0.786. The maximum atomic E-state index is 11.8. The Bertz CT molecular complexity index is 349. The van der Waals surface area contributed by atoms with Crippen molar-refractivity contribution in [1.82, 2.24) is 4.90 Å². The molecule has 0 amide bonds. The first kappa shape index (κ1) is 12.2. The summed E-state index contributed by atoms with van der Waals surface area (Å²) in [6.07, 6.45) is 0.537. The van der Waals surface area contributed by atoms with E-state index in [-0.39, 0.29) is 11.8 Å². The minimum Gasteiger partial charge on any atom is -0.298 e. The number of hydrogen-bond donors (Lipinski definition) is 0. The lowest BCUT2D eigenvalue weighted by molar-refractivity contribution is -0.123. The highest BCUT2D eigenvalue weighted by Gasteiger charge is 2.20. The van der Waals surface area contributed by atoms with Gasteiger partial charge in [0.1, 0.15) is 0 Å². The van der Waals surface area contributed by atoms with Crippen LogP contribution in [0, 0.1) is 0 Å². The van der Waals surface area contributed by atoms with Crippen LogP contribution in [0.25, 0.3) is 0 Å². The number of carbonyl (C=O) groups excluding carboxylic acids is 1. The zero-order valence-corrected chi connectivity index (χ0v) is 10.1. The Morgan fingerprint density at radius 2 is 2.13 bits per heavy atom. The van der Waals surface area contributed by atoms with Gasteiger partial charge in [0.25, 0.3) is 0 Å². The van der Waals surface area contributed by atoms with E-state index in [4.69, 9.17) is 11.6 Å². The van der Waals surface area contributed by atoms with Gasteiger partial charge in [0, 0.05) is 11.4 Å². The summed E-state index contributed by atoms with van der Waals surface area (Å²) in [6, 6.07) is 7.28. The molecule has 0 radical (unpaired) electrons. The van der Waals surface area contributed by atoms with E-state index in [0.717, 1.165) is 5.56 Å². The van der Waals surface area contributed by atoms with Crippen LogP contribution in [0.3, 0.4) is 0 Å². The Labute approximate surface area is 95.8 Å². The number of carbonyl (C=O) groups is 1. The zero-order valence-electron chi connectivity index (χ0n) is 9.33. The van der Waals surface area contributed by atoms with Crippen molar-refractivity contribution in [2.45, 2.75) is 19.4 Å². The number of Topliss-reactive ketones (excluding diaryl/α,β-unsaturated/α-hetero) is 1. The lowest BCUT2D eigenvalue weighted by Crippen LogP contribution is -2.27. The molecule has 2 nitrogen and oxygen atoms in total. The average Bonchev–Trinajstić information content (AvgIpc) is 2.17. The first-order valence-electron chi connectivity index (χ1n) is 5.01. The van der Waals surface area contributed by atoms with E-state index in [1.165, 1.54) is 0 Å². The van der Waals surface area contributed by atoms with Crippen LogP contribution in [-0.2, 0) is 4.79 Å². The molecule has 0 aliphatic rings. The second-order valence-corrected chi connectivity index (χ2v) is 4.18. The van der Waals surface area contributed by atoms with Gasteiger partial charge in [0.05, 0.1) is 6.04 Å². The SMILES string of the molecule is CCC(=O)C(c1cccc(Cl)c1)N(C)C. The third kappa shape index (κ3) is 3.05. The molecule has 0 aromatic heterocycles. The number of halogens is 1. The Morgan fingerprint density at radius 3 is 2.60 bits per heavy atom. The van der Waals surface area contributed by atoms with E-state index in [2.05, 4.69) is 0 Å². The minimum atomic E-state index is -0.186. The molecule has 3 heteroatoms. The molecule has 0 aliphatic carbocycles. The van der Waals surface area contributed by atoms with Gasteiger partial charge in [-0.05, 0) is 31.8 Å². The van der Waals surface area contributed by atoms with Crippen molar-refractivity contribution in [3.05, 3.63) is 34.9 Å². The van der Waals surface area contributed by atoms with Crippen molar-refractivity contribution in [2.75, 3.05) is 14.1 Å². The second kappa shape index (κ2) is 5.29. The van der Waals surface area contributed by atoms with Gasteiger partial charge >= 0.3 is 0 Å². The van der Waals surface area contributed by atoms with Crippen LogP contribution in [0.2, 0.25) is 5.02 Å². The summed E-state index contributed by atoms with van der Waals surface area (Å²) in [5.41, 5.74) is 0.958. The predicted molar refractivity (Wildman–Crippen MR) is 63.2 cm³/mol. The van der Waals surface area contributed by atoms with E-state index in [1.807, 2.05) is 50.2 Å². The van der Waals surface area contributed by atoms with Crippen LogP contribution in [0.4, 0.5) is 0 Å². The molecule has 0 heterocycles. The van der Waals surface area contributed by atoms with E-state index in [0.29, 0.717) is 11.4 Å². The highest BCUT2D eigenvalue weighted by atomic mass is 35.5. The number of rotatable bonds is 4. The Balaban J connectivity index is 3.04. The van der Waals surface area contributed by atoms with Gasteiger partial charge in [0.2, 0.25) is 0 Å². The molecular formula is C12H16ClNO. The average molecular weight is 226 g/mol. The molecule has 1 aromatic rings. The van der Waals surface area contributed by atoms with Crippen LogP contribution in [0.15, 0.2) is 24.3 Å². The van der Waals surface area contributed by atoms with Gasteiger partial charge in [-0.15, -0.1) is 0 Å². The van der Waals surface area contributed by atoms with Crippen LogP contribution in [0.5, 0.6) is 0 Å². The third-order valence-corrected chi connectivity index (χ3v) is 2.57. The van der Waals surface area contributed by atoms with E-state index < -0.39 is 0 Å².